The molecular formula is C15H24OSi. The fraction of sp³-hybridized carbons (Fsp3) is 0.467. The average molecular weight is 248 g/mol. The molecule has 0 aliphatic rings. The van der Waals surface area contributed by atoms with Crippen LogP contribution >= 0.6 is 0 Å². The fourth-order valence-corrected chi connectivity index (χ4v) is 5.52. The molecule has 0 amide bonds. The Kier molecular flexibility index (Phi) is 5.49. The Bertz CT molecular complexity index is 336. The van der Waals surface area contributed by atoms with E-state index in [1.54, 1.807) is 0 Å². The van der Waals surface area contributed by atoms with Crippen molar-refractivity contribution in [1.82, 2.24) is 0 Å². The molecule has 94 valence electrons. The maximum atomic E-state index is 6.29. The normalized spacial score (nSPS) is 11.2. The van der Waals surface area contributed by atoms with Crippen molar-refractivity contribution in [3.05, 3.63) is 36.4 Å². The van der Waals surface area contributed by atoms with Crippen LogP contribution in [0.5, 0.6) is 5.75 Å². The van der Waals surface area contributed by atoms with Gasteiger partial charge in [0.15, 0.2) is 0 Å². The zero-order chi connectivity index (χ0) is 12.7. The highest BCUT2D eigenvalue weighted by molar-refractivity contribution is 6.73. The van der Waals surface area contributed by atoms with Crippen LogP contribution < -0.4 is 4.43 Å². The second-order valence-electron chi connectivity index (χ2n) is 4.83. The van der Waals surface area contributed by atoms with Gasteiger partial charge in [-0.3, -0.25) is 0 Å². The van der Waals surface area contributed by atoms with Crippen molar-refractivity contribution in [2.45, 2.75) is 45.3 Å². The summed E-state index contributed by atoms with van der Waals surface area (Å²) in [6.07, 6.45) is 4.29. The van der Waals surface area contributed by atoms with Gasteiger partial charge in [0, 0.05) is 0 Å². The number of hydrogen-bond acceptors (Lipinski definition) is 1. The van der Waals surface area contributed by atoms with Crippen LogP contribution in [-0.2, 0) is 0 Å². The molecule has 0 spiro atoms. The van der Waals surface area contributed by atoms with E-state index in [0.29, 0.717) is 0 Å². The molecule has 1 rings (SSSR count). The van der Waals surface area contributed by atoms with E-state index in [2.05, 4.69) is 51.2 Å². The van der Waals surface area contributed by atoms with Crippen LogP contribution in [0.1, 0.15) is 32.3 Å². The Labute approximate surface area is 107 Å². The molecule has 0 saturated heterocycles. The third-order valence-corrected chi connectivity index (χ3v) is 6.88. The highest BCUT2D eigenvalue weighted by Gasteiger charge is 2.28. The largest absolute Gasteiger partial charge is 0.544 e. The van der Waals surface area contributed by atoms with Gasteiger partial charge < -0.3 is 4.43 Å². The lowest BCUT2D eigenvalue weighted by Crippen LogP contribution is -2.37. The second kappa shape index (κ2) is 6.65. The van der Waals surface area contributed by atoms with Crippen molar-refractivity contribution in [2.75, 3.05) is 0 Å². The average Bonchev–Trinajstić information content (AvgIpc) is 2.30. The van der Waals surface area contributed by atoms with E-state index >= 15 is 0 Å². The zero-order valence-electron chi connectivity index (χ0n) is 11.3. The fourth-order valence-electron chi connectivity index (χ4n) is 2.24. The number of hydrogen-bond donors (Lipinski definition) is 0. The van der Waals surface area contributed by atoms with E-state index in [1.165, 1.54) is 24.9 Å². The van der Waals surface area contributed by atoms with E-state index in [1.807, 2.05) is 6.08 Å². The lowest BCUT2D eigenvalue weighted by molar-refractivity contribution is 0.532. The molecule has 0 unspecified atom stereocenters. The van der Waals surface area contributed by atoms with Gasteiger partial charge in [0.2, 0.25) is 8.32 Å². The standard InChI is InChI=1S/C15H24OSi/c1-5-12-17(4,13-6-2)16-15-10-8-14(7-3)9-11-15/h7-11H,3,5-6,12-13H2,1-2,4H3. The van der Waals surface area contributed by atoms with Crippen molar-refractivity contribution in [1.29, 1.82) is 0 Å². The van der Waals surface area contributed by atoms with E-state index in [0.717, 1.165) is 11.3 Å². The molecule has 0 radical (unpaired) electrons. The van der Waals surface area contributed by atoms with E-state index in [4.69, 9.17) is 4.43 Å². The van der Waals surface area contributed by atoms with Crippen LogP contribution in [0.4, 0.5) is 0 Å². The Morgan fingerprint density at radius 2 is 1.65 bits per heavy atom. The molecule has 1 aromatic carbocycles. The molecule has 0 atom stereocenters. The van der Waals surface area contributed by atoms with Gasteiger partial charge in [-0.25, -0.2) is 0 Å². The van der Waals surface area contributed by atoms with Crippen LogP contribution in [0.25, 0.3) is 6.08 Å². The first-order valence-corrected chi connectivity index (χ1v) is 9.37. The third-order valence-electron chi connectivity index (χ3n) is 3.04. The maximum absolute atomic E-state index is 6.29. The van der Waals surface area contributed by atoms with E-state index < -0.39 is 8.32 Å². The molecular weight excluding hydrogens is 224 g/mol. The summed E-state index contributed by atoms with van der Waals surface area (Å²) >= 11 is 0. The van der Waals surface area contributed by atoms with Gasteiger partial charge in [-0.2, -0.15) is 0 Å². The molecule has 0 aliphatic carbocycles. The summed E-state index contributed by atoms with van der Waals surface area (Å²) < 4.78 is 6.29. The van der Waals surface area contributed by atoms with E-state index in [9.17, 15) is 0 Å². The lowest BCUT2D eigenvalue weighted by atomic mass is 10.2. The Morgan fingerprint density at radius 1 is 1.12 bits per heavy atom. The van der Waals surface area contributed by atoms with Crippen LogP contribution in [0.15, 0.2) is 30.8 Å². The first-order chi connectivity index (χ1) is 8.13. The Morgan fingerprint density at radius 3 is 2.06 bits per heavy atom. The SMILES string of the molecule is C=Cc1ccc(O[Si](C)(CCC)CCC)cc1. The summed E-state index contributed by atoms with van der Waals surface area (Å²) in [7, 11) is -1.54. The van der Waals surface area contributed by atoms with Crippen LogP contribution in [0.2, 0.25) is 18.6 Å². The summed E-state index contributed by atoms with van der Waals surface area (Å²) in [5.41, 5.74) is 1.15. The molecule has 0 aliphatic heterocycles. The van der Waals surface area contributed by atoms with Gasteiger partial charge >= 0.3 is 0 Å². The molecule has 0 bridgehead atoms. The van der Waals surface area contributed by atoms with Crippen molar-refractivity contribution in [3.8, 4) is 5.75 Å². The Balaban J connectivity index is 2.74. The zero-order valence-corrected chi connectivity index (χ0v) is 12.3. The molecule has 1 aromatic rings. The molecule has 0 saturated carbocycles. The van der Waals surface area contributed by atoms with Gasteiger partial charge in [-0.05, 0) is 36.3 Å². The summed E-state index contributed by atoms with van der Waals surface area (Å²) in [5.74, 6) is 1.02. The topological polar surface area (TPSA) is 9.23 Å². The summed E-state index contributed by atoms with van der Waals surface area (Å²) in [6.45, 7) is 10.6. The highest BCUT2D eigenvalue weighted by Crippen LogP contribution is 2.25. The first-order valence-electron chi connectivity index (χ1n) is 6.55. The summed E-state index contributed by atoms with van der Waals surface area (Å²) in [4.78, 5) is 0. The highest BCUT2D eigenvalue weighted by atomic mass is 28.4. The van der Waals surface area contributed by atoms with Crippen LogP contribution in [-0.4, -0.2) is 8.32 Å². The van der Waals surface area contributed by atoms with Crippen molar-refractivity contribution < 1.29 is 4.43 Å². The minimum absolute atomic E-state index is 1.02. The summed E-state index contributed by atoms with van der Waals surface area (Å²) in [5, 5.41) is 0. The monoisotopic (exact) mass is 248 g/mol. The van der Waals surface area contributed by atoms with Gasteiger partial charge in [-0.15, -0.1) is 0 Å². The molecule has 0 N–H and O–H groups in total. The summed E-state index contributed by atoms with van der Waals surface area (Å²) in [6, 6.07) is 10.7. The van der Waals surface area contributed by atoms with Gasteiger partial charge in [0.05, 0.1) is 0 Å². The van der Waals surface area contributed by atoms with Gasteiger partial charge in [0.25, 0.3) is 0 Å². The molecule has 0 aromatic heterocycles. The van der Waals surface area contributed by atoms with Crippen molar-refractivity contribution >= 4 is 14.4 Å². The quantitative estimate of drug-likeness (QED) is 0.610. The Hall–Kier alpha value is -1.02. The molecule has 0 heterocycles. The van der Waals surface area contributed by atoms with Crippen LogP contribution in [0, 0.1) is 0 Å². The molecule has 17 heavy (non-hydrogen) atoms. The first kappa shape index (κ1) is 14.0. The third kappa shape index (κ3) is 4.39. The number of benzene rings is 1. The van der Waals surface area contributed by atoms with E-state index in [-0.39, 0.29) is 0 Å². The molecule has 2 heteroatoms. The van der Waals surface area contributed by atoms with Crippen molar-refractivity contribution in [3.63, 3.8) is 0 Å². The molecule has 0 fully saturated rings. The minimum Gasteiger partial charge on any atom is -0.544 e. The minimum atomic E-state index is -1.54. The van der Waals surface area contributed by atoms with Gasteiger partial charge in [0.1, 0.15) is 5.75 Å². The van der Waals surface area contributed by atoms with Crippen LogP contribution in [0.3, 0.4) is 0 Å². The second-order valence-corrected chi connectivity index (χ2v) is 8.93. The lowest BCUT2D eigenvalue weighted by Gasteiger charge is -2.27. The van der Waals surface area contributed by atoms with Crippen molar-refractivity contribution in [2.24, 2.45) is 0 Å². The predicted octanol–water partition coefficient (Wildman–Crippen LogP) is 5.10. The maximum Gasteiger partial charge on any atom is 0.248 e. The smallest absolute Gasteiger partial charge is 0.248 e. The number of rotatable bonds is 7. The van der Waals surface area contributed by atoms with Gasteiger partial charge in [-0.1, -0.05) is 51.5 Å². The molecule has 1 nitrogen and oxygen atoms in total. The predicted molar refractivity (Wildman–Crippen MR) is 79.0 cm³/mol.